The molecule has 0 radical (unpaired) electrons. The minimum atomic E-state index is -0.281. The number of fused-ring (bicyclic) bond motifs is 1. The molecule has 0 saturated carbocycles. The van der Waals surface area contributed by atoms with E-state index in [2.05, 4.69) is 19.4 Å². The van der Waals surface area contributed by atoms with Crippen LogP contribution in [0, 0.1) is 6.92 Å². The van der Waals surface area contributed by atoms with Crippen molar-refractivity contribution in [2.75, 3.05) is 25.6 Å². The number of amides is 2. The molecular weight excluding hydrogens is 460 g/mol. The van der Waals surface area contributed by atoms with Crippen molar-refractivity contribution in [3.05, 3.63) is 57.2 Å². The lowest BCUT2D eigenvalue weighted by atomic mass is 9.95. The van der Waals surface area contributed by atoms with E-state index in [-0.39, 0.29) is 18.4 Å². The third kappa shape index (κ3) is 5.58. The smallest absolute Gasteiger partial charge is 0.256 e. The van der Waals surface area contributed by atoms with Crippen molar-refractivity contribution in [2.24, 2.45) is 0 Å². The number of methoxy groups -OCH3 is 1. The molecule has 1 aromatic carbocycles. The van der Waals surface area contributed by atoms with Gasteiger partial charge in [0.1, 0.15) is 23.1 Å². The summed E-state index contributed by atoms with van der Waals surface area (Å²) in [6.45, 7) is 3.02. The third-order valence-electron chi connectivity index (χ3n) is 5.44. The zero-order chi connectivity index (χ0) is 23.2. The first-order valence-electron chi connectivity index (χ1n) is 10.8. The standard InChI is InChI=1S/C23H26N4O4S2/c1-14-18(27-33-26-14)13-31-16-7-5-6-15(12-16)21(28)25-23-20(22(29)24-10-11-30-2)17-8-3-4-9-19(17)32-23/h5-7,12H,3-4,8-11,13H2,1-2H3,(H,24,29)(H,25,28). The number of aryl methyl sites for hydroxylation is 2. The van der Waals surface area contributed by atoms with Crippen molar-refractivity contribution in [3.8, 4) is 5.75 Å². The molecule has 0 fully saturated rings. The Morgan fingerprint density at radius 3 is 2.79 bits per heavy atom. The Kier molecular flexibility index (Phi) is 7.69. The molecule has 4 rings (SSSR count). The van der Waals surface area contributed by atoms with Crippen LogP contribution in [-0.2, 0) is 24.2 Å². The molecule has 3 aromatic rings. The predicted molar refractivity (Wildman–Crippen MR) is 129 cm³/mol. The number of rotatable bonds is 9. The lowest BCUT2D eigenvalue weighted by Gasteiger charge is -2.13. The molecule has 0 aliphatic heterocycles. The van der Waals surface area contributed by atoms with Crippen molar-refractivity contribution in [1.29, 1.82) is 0 Å². The summed E-state index contributed by atoms with van der Waals surface area (Å²) in [6.07, 6.45) is 3.92. The Morgan fingerprint density at radius 1 is 1.15 bits per heavy atom. The van der Waals surface area contributed by atoms with Crippen LogP contribution in [0.2, 0.25) is 0 Å². The third-order valence-corrected chi connectivity index (χ3v) is 7.30. The molecular formula is C23H26N4O4S2. The van der Waals surface area contributed by atoms with E-state index in [1.807, 2.05) is 6.92 Å². The average molecular weight is 487 g/mol. The van der Waals surface area contributed by atoms with Crippen molar-refractivity contribution in [3.63, 3.8) is 0 Å². The average Bonchev–Trinajstić information content (AvgIpc) is 3.40. The van der Waals surface area contributed by atoms with E-state index in [9.17, 15) is 9.59 Å². The molecule has 0 saturated heterocycles. The molecule has 8 nitrogen and oxygen atoms in total. The van der Waals surface area contributed by atoms with E-state index in [1.165, 1.54) is 16.2 Å². The van der Waals surface area contributed by atoms with Gasteiger partial charge in [-0.1, -0.05) is 6.07 Å². The highest BCUT2D eigenvalue weighted by Crippen LogP contribution is 2.38. The van der Waals surface area contributed by atoms with Gasteiger partial charge in [0, 0.05) is 24.1 Å². The van der Waals surface area contributed by atoms with E-state index in [4.69, 9.17) is 9.47 Å². The fraction of sp³-hybridized carbons (Fsp3) is 0.391. The van der Waals surface area contributed by atoms with Crippen LogP contribution in [0.25, 0.3) is 0 Å². The van der Waals surface area contributed by atoms with E-state index in [0.717, 1.165) is 54.4 Å². The van der Waals surface area contributed by atoms with E-state index in [0.29, 0.717) is 35.0 Å². The lowest BCUT2D eigenvalue weighted by molar-refractivity contribution is 0.0937. The van der Waals surface area contributed by atoms with Gasteiger partial charge in [0.2, 0.25) is 0 Å². The summed E-state index contributed by atoms with van der Waals surface area (Å²) < 4.78 is 19.2. The minimum absolute atomic E-state index is 0.175. The first kappa shape index (κ1) is 23.3. The van der Waals surface area contributed by atoms with Gasteiger partial charge in [-0.3, -0.25) is 9.59 Å². The summed E-state index contributed by atoms with van der Waals surface area (Å²) in [5.41, 5.74) is 3.71. The Balaban J connectivity index is 1.50. The number of ether oxygens (including phenoxy) is 2. The SMILES string of the molecule is COCCNC(=O)c1c(NC(=O)c2cccc(OCc3nsnc3C)c2)sc2c1CCCC2. The van der Waals surface area contributed by atoms with Gasteiger partial charge in [-0.05, 0) is 56.4 Å². The highest BCUT2D eigenvalue weighted by Gasteiger charge is 2.26. The molecule has 0 unspecified atom stereocenters. The molecule has 2 heterocycles. The summed E-state index contributed by atoms with van der Waals surface area (Å²) in [5, 5.41) is 6.46. The zero-order valence-corrected chi connectivity index (χ0v) is 20.2. The maximum atomic E-state index is 13.1. The Hall–Kier alpha value is -2.82. The maximum absolute atomic E-state index is 13.1. The first-order chi connectivity index (χ1) is 16.1. The van der Waals surface area contributed by atoms with Crippen molar-refractivity contribution in [2.45, 2.75) is 39.2 Å². The number of nitrogens with one attached hydrogen (secondary N) is 2. The Labute approximate surface area is 200 Å². The Bertz CT molecular complexity index is 1140. The highest BCUT2D eigenvalue weighted by atomic mass is 32.1. The van der Waals surface area contributed by atoms with Gasteiger partial charge in [-0.25, -0.2) is 0 Å². The normalized spacial score (nSPS) is 12.8. The second-order valence-corrected chi connectivity index (χ2v) is 9.36. The van der Waals surface area contributed by atoms with E-state index in [1.54, 1.807) is 31.4 Å². The van der Waals surface area contributed by atoms with Gasteiger partial charge < -0.3 is 20.1 Å². The molecule has 2 amide bonds. The fourth-order valence-corrected chi connectivity index (χ4v) is 5.52. The molecule has 1 aliphatic rings. The van der Waals surface area contributed by atoms with Gasteiger partial charge in [-0.15, -0.1) is 11.3 Å². The molecule has 0 spiro atoms. The number of aromatic nitrogens is 2. The lowest BCUT2D eigenvalue weighted by Crippen LogP contribution is -2.28. The van der Waals surface area contributed by atoms with Crippen LogP contribution in [0.3, 0.4) is 0 Å². The number of hydrogen-bond donors (Lipinski definition) is 2. The topological polar surface area (TPSA) is 102 Å². The molecule has 33 heavy (non-hydrogen) atoms. The van der Waals surface area contributed by atoms with Crippen LogP contribution in [-0.4, -0.2) is 40.8 Å². The summed E-state index contributed by atoms with van der Waals surface area (Å²) in [6, 6.07) is 6.98. The van der Waals surface area contributed by atoms with E-state index >= 15 is 0 Å². The van der Waals surface area contributed by atoms with Gasteiger partial charge >= 0.3 is 0 Å². The van der Waals surface area contributed by atoms with Crippen LogP contribution >= 0.6 is 23.1 Å². The minimum Gasteiger partial charge on any atom is -0.487 e. The van der Waals surface area contributed by atoms with Gasteiger partial charge in [0.25, 0.3) is 11.8 Å². The number of carbonyl (C=O) groups is 2. The summed E-state index contributed by atoms with van der Waals surface area (Å²) in [7, 11) is 1.59. The van der Waals surface area contributed by atoms with Gasteiger partial charge in [0.15, 0.2) is 0 Å². The highest BCUT2D eigenvalue weighted by molar-refractivity contribution is 7.17. The van der Waals surface area contributed by atoms with Crippen molar-refractivity contribution in [1.82, 2.24) is 14.1 Å². The maximum Gasteiger partial charge on any atom is 0.256 e. The van der Waals surface area contributed by atoms with Crippen LogP contribution in [0.5, 0.6) is 5.75 Å². The van der Waals surface area contributed by atoms with Crippen LogP contribution in [0.4, 0.5) is 5.00 Å². The molecule has 174 valence electrons. The molecule has 2 aromatic heterocycles. The quantitative estimate of drug-likeness (QED) is 0.443. The van der Waals surface area contributed by atoms with E-state index < -0.39 is 0 Å². The predicted octanol–water partition coefficient (Wildman–Crippen LogP) is 3.99. The largest absolute Gasteiger partial charge is 0.487 e. The molecule has 1 aliphatic carbocycles. The number of nitrogens with zero attached hydrogens (tertiary/aromatic N) is 2. The molecule has 10 heteroatoms. The van der Waals surface area contributed by atoms with Crippen LogP contribution in [0.1, 0.15) is 55.4 Å². The number of anilines is 1. The van der Waals surface area contributed by atoms with Crippen LogP contribution < -0.4 is 15.4 Å². The summed E-state index contributed by atoms with van der Waals surface area (Å²) in [5.74, 6) is 0.112. The molecule has 0 atom stereocenters. The number of thiophene rings is 1. The molecule has 2 N–H and O–H groups in total. The van der Waals surface area contributed by atoms with Crippen molar-refractivity contribution < 1.29 is 19.1 Å². The fourth-order valence-electron chi connectivity index (χ4n) is 3.68. The number of hydrogen-bond acceptors (Lipinski definition) is 8. The Morgan fingerprint density at radius 2 is 2.00 bits per heavy atom. The second-order valence-electron chi connectivity index (χ2n) is 7.73. The monoisotopic (exact) mass is 486 g/mol. The number of benzene rings is 1. The summed E-state index contributed by atoms with van der Waals surface area (Å²) in [4.78, 5) is 27.2. The van der Waals surface area contributed by atoms with Crippen molar-refractivity contribution >= 4 is 39.9 Å². The zero-order valence-electron chi connectivity index (χ0n) is 18.6. The van der Waals surface area contributed by atoms with Crippen LogP contribution in [0.15, 0.2) is 24.3 Å². The van der Waals surface area contributed by atoms with Gasteiger partial charge in [0.05, 0.1) is 29.6 Å². The molecule has 0 bridgehead atoms. The van der Waals surface area contributed by atoms with Gasteiger partial charge in [-0.2, -0.15) is 8.75 Å². The first-order valence-corrected chi connectivity index (χ1v) is 12.4. The second kappa shape index (κ2) is 10.9. The number of carbonyl (C=O) groups excluding carboxylic acids is 2. The summed E-state index contributed by atoms with van der Waals surface area (Å²) >= 11 is 2.65.